The second-order valence-corrected chi connectivity index (χ2v) is 7.67. The Morgan fingerprint density at radius 2 is 2.19 bits per heavy atom. The average molecular weight is 384 g/mol. The first kappa shape index (κ1) is 20.3. The van der Waals surface area contributed by atoms with Crippen molar-refractivity contribution in [1.82, 2.24) is 36.0 Å². The molecule has 1 aliphatic heterocycles. The fourth-order valence-electron chi connectivity index (χ4n) is 3.04. The highest BCUT2D eigenvalue weighted by Gasteiger charge is 2.35. The highest BCUT2D eigenvalue weighted by Crippen LogP contribution is 2.33. The highest BCUT2D eigenvalue weighted by atomic mass is 35.5. The molecule has 9 nitrogen and oxygen atoms in total. The minimum atomic E-state index is -0.380. The van der Waals surface area contributed by atoms with Crippen LogP contribution in [0, 0.1) is 11.3 Å². The molecular weight excluding hydrogens is 358 g/mol. The van der Waals surface area contributed by atoms with Crippen molar-refractivity contribution in [3.8, 4) is 11.6 Å². The van der Waals surface area contributed by atoms with Gasteiger partial charge in [0.05, 0.1) is 0 Å². The molecule has 1 fully saturated rings. The van der Waals surface area contributed by atoms with E-state index < -0.39 is 0 Å². The van der Waals surface area contributed by atoms with Crippen LogP contribution in [-0.4, -0.2) is 43.8 Å². The average Bonchev–Trinajstić information content (AvgIpc) is 3.22. The minimum Gasteiger partial charge on any atom is -0.344 e. The van der Waals surface area contributed by atoms with E-state index in [1.807, 2.05) is 20.8 Å². The van der Waals surface area contributed by atoms with E-state index in [4.69, 9.17) is 4.52 Å². The summed E-state index contributed by atoms with van der Waals surface area (Å²) in [5.74, 6) is 1.16. The summed E-state index contributed by atoms with van der Waals surface area (Å²) >= 11 is 0. The maximum Gasteiger partial charge on any atom is 0.250 e. The van der Waals surface area contributed by atoms with Gasteiger partial charge in [0, 0.05) is 12.0 Å². The Hall–Kier alpha value is -2.00. The standard InChI is InChI=1S/C16H25N7O2.ClH/c1-9-7-10(5-6-17-9)14(24)20-11(16(2,3)4)15-21-13(23-25-15)12-18-8-19-22-12;/h8-11,17H,5-7H2,1-4H3,(H,20,24)(H,18,19,22);1H/t9-,10-,11?;/m0./s1. The van der Waals surface area contributed by atoms with Crippen LogP contribution in [0.1, 0.15) is 52.5 Å². The molecule has 1 unspecified atom stereocenters. The van der Waals surface area contributed by atoms with Gasteiger partial charge in [-0.3, -0.25) is 9.89 Å². The molecule has 1 saturated heterocycles. The maximum absolute atomic E-state index is 12.8. The lowest BCUT2D eigenvalue weighted by atomic mass is 9.85. The fourth-order valence-corrected chi connectivity index (χ4v) is 3.04. The predicted octanol–water partition coefficient (Wildman–Crippen LogP) is 1.87. The minimum absolute atomic E-state index is 0. The van der Waals surface area contributed by atoms with Crippen LogP contribution in [-0.2, 0) is 4.79 Å². The van der Waals surface area contributed by atoms with Crippen molar-refractivity contribution in [3.05, 3.63) is 12.2 Å². The molecule has 3 atom stereocenters. The molecule has 2 aromatic rings. The summed E-state index contributed by atoms with van der Waals surface area (Å²) < 4.78 is 5.41. The summed E-state index contributed by atoms with van der Waals surface area (Å²) in [6.07, 6.45) is 3.04. The lowest BCUT2D eigenvalue weighted by Gasteiger charge is -2.32. The summed E-state index contributed by atoms with van der Waals surface area (Å²) in [6.45, 7) is 9.04. The highest BCUT2D eigenvalue weighted by molar-refractivity contribution is 5.85. The first-order valence-electron chi connectivity index (χ1n) is 8.57. The third kappa shape index (κ3) is 4.59. The SMILES string of the molecule is C[C@H]1C[C@@H](C(=O)NC(c2nc(-c3ncn[nH]3)no2)C(C)(C)C)CCN1.Cl. The molecule has 3 N–H and O–H groups in total. The second-order valence-electron chi connectivity index (χ2n) is 7.67. The number of carbonyl (C=O) groups is 1. The van der Waals surface area contributed by atoms with Crippen molar-refractivity contribution in [3.63, 3.8) is 0 Å². The van der Waals surface area contributed by atoms with E-state index in [1.54, 1.807) is 0 Å². The fraction of sp³-hybridized carbons (Fsp3) is 0.688. The normalized spacial score (nSPS) is 21.7. The van der Waals surface area contributed by atoms with E-state index >= 15 is 0 Å². The number of hydrogen-bond donors (Lipinski definition) is 3. The van der Waals surface area contributed by atoms with Crippen molar-refractivity contribution in [2.75, 3.05) is 6.54 Å². The number of amides is 1. The molecule has 10 heteroatoms. The predicted molar refractivity (Wildman–Crippen MR) is 97.5 cm³/mol. The van der Waals surface area contributed by atoms with Crippen LogP contribution in [0.4, 0.5) is 0 Å². The quantitative estimate of drug-likeness (QED) is 0.736. The Morgan fingerprint density at radius 1 is 1.42 bits per heavy atom. The van der Waals surface area contributed by atoms with E-state index in [-0.39, 0.29) is 35.7 Å². The van der Waals surface area contributed by atoms with Gasteiger partial charge < -0.3 is 15.2 Å². The molecule has 3 heterocycles. The van der Waals surface area contributed by atoms with Crippen LogP contribution in [0.3, 0.4) is 0 Å². The summed E-state index contributed by atoms with van der Waals surface area (Å²) in [5.41, 5.74) is -0.278. The molecule has 2 aromatic heterocycles. The molecule has 0 spiro atoms. The van der Waals surface area contributed by atoms with Gasteiger partial charge in [0.1, 0.15) is 12.4 Å². The third-order valence-electron chi connectivity index (χ3n) is 4.46. The molecule has 0 aliphatic carbocycles. The third-order valence-corrected chi connectivity index (χ3v) is 4.46. The molecule has 26 heavy (non-hydrogen) atoms. The number of carbonyl (C=O) groups excluding carboxylic acids is 1. The van der Waals surface area contributed by atoms with Crippen LogP contribution in [0.15, 0.2) is 10.9 Å². The number of hydrogen-bond acceptors (Lipinski definition) is 7. The van der Waals surface area contributed by atoms with E-state index in [0.717, 1.165) is 19.4 Å². The number of rotatable bonds is 4. The van der Waals surface area contributed by atoms with E-state index in [0.29, 0.717) is 23.6 Å². The number of aromatic nitrogens is 5. The number of H-pyrrole nitrogens is 1. The molecular formula is C16H26ClN7O2. The van der Waals surface area contributed by atoms with Crippen LogP contribution in [0.5, 0.6) is 0 Å². The zero-order valence-corrected chi connectivity index (χ0v) is 16.3. The van der Waals surface area contributed by atoms with Crippen LogP contribution in [0.2, 0.25) is 0 Å². The zero-order valence-electron chi connectivity index (χ0n) is 15.4. The molecule has 1 aliphatic rings. The Bertz CT molecular complexity index is 711. The van der Waals surface area contributed by atoms with Gasteiger partial charge in [0.25, 0.3) is 0 Å². The number of aromatic amines is 1. The van der Waals surface area contributed by atoms with Crippen LogP contribution < -0.4 is 10.6 Å². The van der Waals surface area contributed by atoms with E-state index in [9.17, 15) is 4.79 Å². The Balaban J connectivity index is 0.00000243. The van der Waals surface area contributed by atoms with Gasteiger partial charge in [0.15, 0.2) is 5.82 Å². The van der Waals surface area contributed by atoms with Gasteiger partial charge in [-0.15, -0.1) is 12.4 Å². The molecule has 0 saturated carbocycles. The number of halogens is 1. The van der Waals surface area contributed by atoms with Gasteiger partial charge in [-0.2, -0.15) is 10.1 Å². The molecule has 0 bridgehead atoms. The molecule has 0 radical (unpaired) electrons. The lowest BCUT2D eigenvalue weighted by Crippen LogP contribution is -2.45. The monoisotopic (exact) mass is 383 g/mol. The van der Waals surface area contributed by atoms with Crippen molar-refractivity contribution >= 4 is 18.3 Å². The van der Waals surface area contributed by atoms with Crippen molar-refractivity contribution < 1.29 is 9.32 Å². The first-order valence-corrected chi connectivity index (χ1v) is 8.57. The number of nitrogens with one attached hydrogen (secondary N) is 3. The van der Waals surface area contributed by atoms with Gasteiger partial charge in [-0.05, 0) is 31.7 Å². The number of piperidine rings is 1. The van der Waals surface area contributed by atoms with Crippen LogP contribution >= 0.6 is 12.4 Å². The lowest BCUT2D eigenvalue weighted by molar-refractivity contribution is -0.128. The summed E-state index contributed by atoms with van der Waals surface area (Å²) in [5, 5.41) is 16.9. The molecule has 1 amide bonds. The van der Waals surface area contributed by atoms with Gasteiger partial charge in [-0.1, -0.05) is 25.9 Å². The Labute approximate surface area is 158 Å². The second kappa shape index (κ2) is 8.13. The summed E-state index contributed by atoms with van der Waals surface area (Å²) in [7, 11) is 0. The van der Waals surface area contributed by atoms with Gasteiger partial charge in [-0.25, -0.2) is 4.98 Å². The smallest absolute Gasteiger partial charge is 0.250 e. The van der Waals surface area contributed by atoms with Crippen molar-refractivity contribution in [2.24, 2.45) is 11.3 Å². The summed E-state index contributed by atoms with van der Waals surface area (Å²) in [4.78, 5) is 21.2. The van der Waals surface area contributed by atoms with Crippen LogP contribution in [0.25, 0.3) is 11.6 Å². The molecule has 3 rings (SSSR count). The van der Waals surface area contributed by atoms with Gasteiger partial charge >= 0.3 is 0 Å². The van der Waals surface area contributed by atoms with Gasteiger partial charge in [0.2, 0.25) is 17.6 Å². The zero-order chi connectivity index (χ0) is 18.0. The Kier molecular flexibility index (Phi) is 6.35. The number of nitrogens with zero attached hydrogens (tertiary/aromatic N) is 4. The Morgan fingerprint density at radius 3 is 2.81 bits per heavy atom. The maximum atomic E-state index is 12.8. The molecule has 0 aromatic carbocycles. The van der Waals surface area contributed by atoms with E-state index in [2.05, 4.69) is 42.9 Å². The van der Waals surface area contributed by atoms with E-state index in [1.165, 1.54) is 6.33 Å². The first-order chi connectivity index (χ1) is 11.8. The van der Waals surface area contributed by atoms with Crippen molar-refractivity contribution in [2.45, 2.75) is 52.6 Å². The summed E-state index contributed by atoms with van der Waals surface area (Å²) in [6, 6.07) is -0.0339. The van der Waals surface area contributed by atoms with Crippen molar-refractivity contribution in [1.29, 1.82) is 0 Å². The topological polar surface area (TPSA) is 122 Å². The molecule has 144 valence electrons. The largest absolute Gasteiger partial charge is 0.344 e.